The molecule has 0 bridgehead atoms. The molecule has 16 nitrogen and oxygen atoms in total. The smallest absolute Gasteiger partial charge is 0.339 e. The van der Waals surface area contributed by atoms with Crippen molar-refractivity contribution in [3.8, 4) is 0 Å². The van der Waals surface area contributed by atoms with Gasteiger partial charge in [0, 0.05) is 33.8 Å². The highest BCUT2D eigenvalue weighted by Crippen LogP contribution is 2.28. The number of aromatic carboxylic acids is 2. The summed E-state index contributed by atoms with van der Waals surface area (Å²) in [5.74, 6) is -3.31. The highest BCUT2D eigenvalue weighted by Gasteiger charge is 2.14. The minimum Gasteiger partial charge on any atom is -0.480 e. The lowest BCUT2D eigenvalue weighted by Crippen LogP contribution is -2.29. The van der Waals surface area contributed by atoms with Gasteiger partial charge in [0.15, 0.2) is 0 Å². The number of aromatic nitrogens is 2. The molecule has 18 heteroatoms. The standard InChI is InChI=1S/2C13H11ClN2O2.2C6H14N2O2/c2*1-8-10(14)5-2-6-11(8)16-12-9(13(17)18)4-3-7-15-12;2*7-4-2-1-3-5(8)6(9)10/h2*2-7H,1H3,(H,15,16)(H,17,18);2*5H,1-4,7-8H2,(H,9,10)/t;;2*5-/m..00/s1. The van der Waals surface area contributed by atoms with Gasteiger partial charge in [0.05, 0.1) is 0 Å². The van der Waals surface area contributed by atoms with Crippen LogP contribution in [0.5, 0.6) is 0 Å². The Balaban J connectivity index is 0.000000390. The van der Waals surface area contributed by atoms with E-state index >= 15 is 0 Å². The molecule has 0 saturated carbocycles. The van der Waals surface area contributed by atoms with Gasteiger partial charge in [-0.05, 0) is 112 Å². The van der Waals surface area contributed by atoms with E-state index in [1.165, 1.54) is 24.5 Å². The predicted molar refractivity (Wildman–Crippen MR) is 218 cm³/mol. The van der Waals surface area contributed by atoms with Gasteiger partial charge in [-0.3, -0.25) is 9.59 Å². The van der Waals surface area contributed by atoms with E-state index in [1.54, 1.807) is 36.4 Å². The summed E-state index contributed by atoms with van der Waals surface area (Å²) in [6, 6.07) is 15.5. The Labute approximate surface area is 335 Å². The Hall–Kier alpha value is -5.36. The molecule has 304 valence electrons. The summed E-state index contributed by atoms with van der Waals surface area (Å²) < 4.78 is 0. The third-order valence-corrected chi connectivity index (χ3v) is 8.51. The summed E-state index contributed by atoms with van der Waals surface area (Å²) in [5.41, 5.74) is 24.3. The van der Waals surface area contributed by atoms with E-state index in [9.17, 15) is 19.2 Å². The number of nitrogens with one attached hydrogen (secondary N) is 2. The molecule has 0 radical (unpaired) electrons. The Morgan fingerprint density at radius 2 is 0.964 bits per heavy atom. The minimum absolute atomic E-state index is 0.122. The molecule has 0 aliphatic rings. The molecule has 2 heterocycles. The second kappa shape index (κ2) is 26.4. The van der Waals surface area contributed by atoms with Crippen LogP contribution >= 0.6 is 23.2 Å². The van der Waals surface area contributed by atoms with Crippen LogP contribution < -0.4 is 33.6 Å². The number of pyridine rings is 2. The van der Waals surface area contributed by atoms with Crippen LogP contribution in [0.15, 0.2) is 73.1 Å². The molecule has 14 N–H and O–H groups in total. The number of benzene rings is 2. The van der Waals surface area contributed by atoms with Gasteiger partial charge in [0.2, 0.25) is 0 Å². The van der Waals surface area contributed by atoms with E-state index in [2.05, 4.69) is 20.6 Å². The van der Waals surface area contributed by atoms with Gasteiger partial charge in [-0.15, -0.1) is 0 Å². The summed E-state index contributed by atoms with van der Waals surface area (Å²) in [7, 11) is 0. The third-order valence-electron chi connectivity index (χ3n) is 7.69. The lowest BCUT2D eigenvalue weighted by Gasteiger charge is -2.11. The maximum atomic E-state index is 11.1. The molecule has 0 fully saturated rings. The topological polar surface area (TPSA) is 303 Å². The molecule has 0 unspecified atom stereocenters. The third kappa shape index (κ3) is 17.9. The highest BCUT2D eigenvalue weighted by molar-refractivity contribution is 6.32. The second-order valence-electron chi connectivity index (χ2n) is 11.9. The van der Waals surface area contributed by atoms with Crippen LogP contribution in [0.2, 0.25) is 10.0 Å². The summed E-state index contributed by atoms with van der Waals surface area (Å²) in [4.78, 5) is 50.5. The van der Waals surface area contributed by atoms with Crippen molar-refractivity contribution in [3.05, 3.63) is 105 Å². The fraction of sp³-hybridized carbons (Fsp3) is 0.316. The van der Waals surface area contributed by atoms with Crippen molar-refractivity contribution in [1.82, 2.24) is 9.97 Å². The largest absolute Gasteiger partial charge is 0.480 e. The second-order valence-corrected chi connectivity index (χ2v) is 12.8. The van der Waals surface area contributed by atoms with Gasteiger partial charge in [-0.25, -0.2) is 19.6 Å². The number of nitrogens with two attached hydrogens (primary N) is 4. The quantitative estimate of drug-likeness (QED) is 0.0578. The maximum absolute atomic E-state index is 11.1. The Morgan fingerprint density at radius 3 is 1.27 bits per heavy atom. The SMILES string of the molecule is Cc1c(Cl)cccc1Nc1ncccc1C(=O)O.Cc1c(Cl)cccc1Nc1ncccc1C(=O)O.NCCCC[C@H](N)C(=O)O.NCCCC[C@H](N)C(=O)O. The Morgan fingerprint density at radius 1 is 0.607 bits per heavy atom. The van der Waals surface area contributed by atoms with Crippen molar-refractivity contribution >= 4 is 70.1 Å². The van der Waals surface area contributed by atoms with Gasteiger partial charge >= 0.3 is 23.9 Å². The van der Waals surface area contributed by atoms with Crippen molar-refractivity contribution in [1.29, 1.82) is 0 Å². The van der Waals surface area contributed by atoms with E-state index in [1.807, 2.05) is 26.0 Å². The van der Waals surface area contributed by atoms with Gasteiger partial charge in [0.25, 0.3) is 0 Å². The van der Waals surface area contributed by atoms with Crippen molar-refractivity contribution in [2.24, 2.45) is 22.9 Å². The summed E-state index contributed by atoms with van der Waals surface area (Å²) in [6.45, 7) is 4.92. The highest BCUT2D eigenvalue weighted by atomic mass is 35.5. The van der Waals surface area contributed by atoms with Crippen LogP contribution in [0.25, 0.3) is 0 Å². The van der Waals surface area contributed by atoms with E-state index in [-0.39, 0.29) is 11.1 Å². The normalized spacial score (nSPS) is 11.1. The van der Waals surface area contributed by atoms with Gasteiger partial charge in [-0.1, -0.05) is 48.2 Å². The summed E-state index contributed by atoms with van der Waals surface area (Å²) in [5, 5.41) is 42.0. The first-order valence-electron chi connectivity index (χ1n) is 17.3. The zero-order chi connectivity index (χ0) is 42.2. The number of carboxylic acid groups (broad SMARTS) is 4. The number of anilines is 4. The predicted octanol–water partition coefficient (Wildman–Crippen LogP) is 6.03. The molecule has 0 amide bonds. The molecule has 4 rings (SSSR count). The number of aliphatic carboxylic acids is 2. The van der Waals surface area contributed by atoms with E-state index in [0.29, 0.717) is 47.6 Å². The van der Waals surface area contributed by atoms with Crippen molar-refractivity contribution < 1.29 is 39.6 Å². The average molecular weight is 818 g/mol. The molecular formula is C38H50Cl2N8O8. The van der Waals surface area contributed by atoms with E-state index < -0.39 is 36.0 Å². The number of hydrogen-bond donors (Lipinski definition) is 10. The molecule has 2 aromatic heterocycles. The lowest BCUT2D eigenvalue weighted by molar-refractivity contribution is -0.139. The molecule has 2 atom stereocenters. The van der Waals surface area contributed by atoms with Crippen LogP contribution in [-0.2, 0) is 9.59 Å². The molecule has 2 aromatic carbocycles. The van der Waals surface area contributed by atoms with E-state index in [0.717, 1.165) is 48.2 Å². The fourth-order valence-electron chi connectivity index (χ4n) is 4.36. The van der Waals surface area contributed by atoms with Gasteiger partial charge < -0.3 is 54.0 Å². The Bertz CT molecular complexity index is 1740. The number of rotatable bonds is 16. The van der Waals surface area contributed by atoms with Crippen molar-refractivity contribution in [2.45, 2.75) is 64.5 Å². The summed E-state index contributed by atoms with van der Waals surface area (Å²) >= 11 is 12.0. The first-order chi connectivity index (χ1) is 26.5. The summed E-state index contributed by atoms with van der Waals surface area (Å²) in [6.07, 6.45) is 7.40. The number of nitrogens with zero attached hydrogens (tertiary/aromatic N) is 2. The first-order valence-corrected chi connectivity index (χ1v) is 18.1. The minimum atomic E-state index is -1.02. The van der Waals surface area contributed by atoms with Crippen molar-refractivity contribution in [2.75, 3.05) is 23.7 Å². The molecule has 0 aliphatic carbocycles. The lowest BCUT2D eigenvalue weighted by atomic mass is 10.1. The van der Waals surface area contributed by atoms with Crippen LogP contribution in [0.1, 0.15) is 70.4 Å². The van der Waals surface area contributed by atoms with Crippen LogP contribution in [0, 0.1) is 13.8 Å². The molecule has 0 saturated heterocycles. The number of carbonyl (C=O) groups is 4. The monoisotopic (exact) mass is 816 g/mol. The molecule has 4 aromatic rings. The maximum Gasteiger partial charge on any atom is 0.339 e. The molecular weight excluding hydrogens is 767 g/mol. The van der Waals surface area contributed by atoms with Gasteiger partial charge in [-0.2, -0.15) is 0 Å². The zero-order valence-corrected chi connectivity index (χ0v) is 32.6. The zero-order valence-electron chi connectivity index (χ0n) is 31.1. The molecule has 0 aliphatic heterocycles. The van der Waals surface area contributed by atoms with Crippen LogP contribution in [-0.4, -0.2) is 79.4 Å². The molecule has 56 heavy (non-hydrogen) atoms. The Kier molecular flexibility index (Phi) is 23.0. The van der Waals surface area contributed by atoms with Crippen molar-refractivity contribution in [3.63, 3.8) is 0 Å². The van der Waals surface area contributed by atoms with Crippen LogP contribution in [0.4, 0.5) is 23.0 Å². The first kappa shape index (κ1) is 48.7. The number of hydrogen-bond acceptors (Lipinski definition) is 12. The number of halogens is 2. The average Bonchev–Trinajstić information content (AvgIpc) is 3.16. The van der Waals surface area contributed by atoms with Gasteiger partial charge in [0.1, 0.15) is 34.8 Å². The van der Waals surface area contributed by atoms with Crippen LogP contribution in [0.3, 0.4) is 0 Å². The van der Waals surface area contributed by atoms with E-state index in [4.69, 9.17) is 66.6 Å². The number of carboxylic acids is 4. The molecule has 0 spiro atoms. The fourth-order valence-corrected chi connectivity index (χ4v) is 4.71. The number of unbranched alkanes of at least 4 members (excludes halogenated alkanes) is 2.